The van der Waals surface area contributed by atoms with E-state index >= 15 is 0 Å². The number of phenols is 1. The molecule has 39 heavy (non-hydrogen) atoms. The number of carbonyl (C=O) groups is 1. The van der Waals surface area contributed by atoms with Crippen LogP contribution >= 0.6 is 11.6 Å². The van der Waals surface area contributed by atoms with E-state index in [4.69, 9.17) is 11.6 Å². The van der Waals surface area contributed by atoms with Gasteiger partial charge in [0.2, 0.25) is 0 Å². The van der Waals surface area contributed by atoms with Crippen LogP contribution in [-0.4, -0.2) is 69.2 Å². The number of ketones is 1. The molecule has 0 bridgehead atoms. The number of nitrogens with zero attached hydrogens (tertiary/aromatic N) is 1. The number of aromatic hydroxyl groups is 1. The molecule has 0 aliphatic carbocycles. The fraction of sp³-hybridized carbons (Fsp3) is 0.387. The number of piperidine rings is 1. The van der Waals surface area contributed by atoms with Crippen LogP contribution < -0.4 is 16.0 Å². The quantitative estimate of drug-likeness (QED) is 0.198. The minimum Gasteiger partial charge on any atom is -0.508 e. The molecule has 1 aliphatic rings. The molecule has 0 radical (unpaired) electrons. The van der Waals surface area contributed by atoms with Crippen LogP contribution in [0.25, 0.3) is 0 Å². The highest BCUT2D eigenvalue weighted by Crippen LogP contribution is 2.48. The Balaban J connectivity index is 1.86. The maximum Gasteiger partial charge on any atom is 0.167 e. The summed E-state index contributed by atoms with van der Waals surface area (Å²) in [7, 11) is 3.81. The standard InChI is InChI=1S/C31H38ClFN4O2/c1-20-23(9-5-11-27(20)33)29-25(24-10-6-12-28(30(24)32)36-14-13-34-2)18-37(16-15-35-3)19-26(29)31(39)21-7-4-8-22(38)17-21/h4-12,17,25-26,29,34-36,38H,13-16,18-19H2,1-3H3/t25-,26+,29-/m1/s1. The summed E-state index contributed by atoms with van der Waals surface area (Å²) >= 11 is 7.06. The molecule has 0 aromatic heterocycles. The molecule has 3 aromatic rings. The van der Waals surface area contributed by atoms with E-state index in [0.717, 1.165) is 36.4 Å². The van der Waals surface area contributed by atoms with Crippen molar-refractivity contribution in [2.75, 3.05) is 58.7 Å². The van der Waals surface area contributed by atoms with E-state index in [1.54, 1.807) is 31.2 Å². The Morgan fingerprint density at radius 2 is 1.72 bits per heavy atom. The number of Topliss-reactive ketones (excluding diaryl/α,β-unsaturated/α-hetero) is 1. The van der Waals surface area contributed by atoms with Gasteiger partial charge in [-0.1, -0.05) is 48.0 Å². The van der Waals surface area contributed by atoms with E-state index in [1.807, 2.05) is 38.4 Å². The average molecular weight is 553 g/mol. The van der Waals surface area contributed by atoms with Gasteiger partial charge < -0.3 is 26.0 Å². The van der Waals surface area contributed by atoms with Gasteiger partial charge in [0.15, 0.2) is 5.78 Å². The van der Waals surface area contributed by atoms with Gasteiger partial charge in [0.1, 0.15) is 11.6 Å². The summed E-state index contributed by atoms with van der Waals surface area (Å²) < 4.78 is 14.9. The van der Waals surface area contributed by atoms with Crippen molar-refractivity contribution in [3.8, 4) is 5.75 Å². The first-order chi connectivity index (χ1) is 18.8. The molecule has 0 unspecified atom stereocenters. The van der Waals surface area contributed by atoms with E-state index in [0.29, 0.717) is 35.8 Å². The maximum atomic E-state index is 14.9. The summed E-state index contributed by atoms with van der Waals surface area (Å²) in [4.78, 5) is 16.4. The van der Waals surface area contributed by atoms with Crippen molar-refractivity contribution in [2.24, 2.45) is 5.92 Å². The first kappa shape index (κ1) is 29.0. The van der Waals surface area contributed by atoms with Crippen LogP contribution in [0.3, 0.4) is 0 Å². The number of rotatable bonds is 11. The third-order valence-corrected chi connectivity index (χ3v) is 8.13. The summed E-state index contributed by atoms with van der Waals surface area (Å²) in [6.45, 7) is 5.99. The third kappa shape index (κ3) is 6.61. The first-order valence-corrected chi connectivity index (χ1v) is 13.9. The van der Waals surface area contributed by atoms with Crippen molar-refractivity contribution < 1.29 is 14.3 Å². The fourth-order valence-electron chi connectivity index (χ4n) is 5.72. The Kier molecular flexibility index (Phi) is 9.97. The zero-order valence-electron chi connectivity index (χ0n) is 22.8. The van der Waals surface area contributed by atoms with Gasteiger partial charge in [0.05, 0.1) is 10.7 Å². The topological polar surface area (TPSA) is 76.6 Å². The maximum absolute atomic E-state index is 14.9. The molecule has 0 amide bonds. The van der Waals surface area contributed by atoms with Gasteiger partial charge in [0.25, 0.3) is 0 Å². The van der Waals surface area contributed by atoms with Crippen molar-refractivity contribution in [3.63, 3.8) is 0 Å². The van der Waals surface area contributed by atoms with Gasteiger partial charge >= 0.3 is 0 Å². The molecule has 8 heteroatoms. The van der Waals surface area contributed by atoms with Crippen LogP contribution in [0.15, 0.2) is 60.7 Å². The number of phenolic OH excluding ortho intramolecular Hbond substituents is 1. The number of hydrogen-bond acceptors (Lipinski definition) is 6. The van der Waals surface area contributed by atoms with E-state index in [9.17, 15) is 14.3 Å². The molecule has 208 valence electrons. The van der Waals surface area contributed by atoms with Crippen LogP contribution in [0.5, 0.6) is 5.75 Å². The molecular formula is C31H38ClFN4O2. The van der Waals surface area contributed by atoms with Gasteiger partial charge in [0, 0.05) is 62.6 Å². The summed E-state index contributed by atoms with van der Waals surface area (Å²) in [5.41, 5.74) is 3.58. The second kappa shape index (κ2) is 13.4. The van der Waals surface area contributed by atoms with Crippen molar-refractivity contribution in [1.29, 1.82) is 0 Å². The number of likely N-dealkylation sites (N-methyl/N-ethyl adjacent to an activating group) is 2. The molecule has 1 fully saturated rings. The van der Waals surface area contributed by atoms with Crippen molar-refractivity contribution in [3.05, 3.63) is 93.8 Å². The first-order valence-electron chi connectivity index (χ1n) is 13.5. The van der Waals surface area contributed by atoms with Crippen LogP contribution in [0.1, 0.15) is 38.9 Å². The van der Waals surface area contributed by atoms with Crippen LogP contribution in [-0.2, 0) is 0 Å². The molecule has 1 saturated heterocycles. The number of nitrogens with one attached hydrogen (secondary N) is 3. The summed E-state index contributed by atoms with van der Waals surface area (Å²) in [6, 6.07) is 17.6. The molecule has 3 aromatic carbocycles. The van der Waals surface area contributed by atoms with Gasteiger partial charge in [-0.15, -0.1) is 0 Å². The van der Waals surface area contributed by atoms with Crippen molar-refractivity contribution in [2.45, 2.75) is 18.8 Å². The van der Waals surface area contributed by atoms with E-state index in [1.165, 1.54) is 12.1 Å². The minimum atomic E-state index is -0.472. The second-order valence-corrected chi connectivity index (χ2v) is 10.6. The molecule has 4 N–H and O–H groups in total. The Labute approximate surface area is 235 Å². The van der Waals surface area contributed by atoms with E-state index < -0.39 is 5.92 Å². The Bertz CT molecular complexity index is 1290. The van der Waals surface area contributed by atoms with Gasteiger partial charge in [-0.05, 0) is 62.0 Å². The van der Waals surface area contributed by atoms with E-state index in [-0.39, 0.29) is 29.2 Å². The third-order valence-electron chi connectivity index (χ3n) is 7.71. The monoisotopic (exact) mass is 552 g/mol. The number of anilines is 1. The lowest BCUT2D eigenvalue weighted by molar-refractivity contribution is 0.0742. The number of likely N-dealkylation sites (tertiary alicyclic amines) is 1. The zero-order valence-corrected chi connectivity index (χ0v) is 23.6. The lowest BCUT2D eigenvalue weighted by atomic mass is 9.67. The number of carbonyl (C=O) groups excluding carboxylic acids is 1. The molecule has 1 heterocycles. The Hall–Kier alpha value is -2.97. The highest BCUT2D eigenvalue weighted by atomic mass is 35.5. The van der Waals surface area contributed by atoms with Gasteiger partial charge in [-0.2, -0.15) is 0 Å². The smallest absolute Gasteiger partial charge is 0.167 e. The van der Waals surface area contributed by atoms with Crippen LogP contribution in [0.2, 0.25) is 5.02 Å². The Morgan fingerprint density at radius 1 is 1.00 bits per heavy atom. The van der Waals surface area contributed by atoms with Gasteiger partial charge in [-0.3, -0.25) is 4.79 Å². The molecule has 3 atom stereocenters. The van der Waals surface area contributed by atoms with Crippen molar-refractivity contribution in [1.82, 2.24) is 15.5 Å². The SMILES string of the molecule is CNCCNc1cccc([C@H]2CN(CCNC)C[C@H](C(=O)c3cccc(O)c3)[C@@H]2c2cccc(F)c2C)c1Cl. The predicted octanol–water partition coefficient (Wildman–Crippen LogP) is 5.03. The second-order valence-electron chi connectivity index (χ2n) is 10.2. The highest BCUT2D eigenvalue weighted by molar-refractivity contribution is 6.34. The number of benzene rings is 3. The molecule has 0 spiro atoms. The number of hydrogen-bond donors (Lipinski definition) is 4. The summed E-state index contributed by atoms with van der Waals surface area (Å²) in [5, 5.41) is 20.5. The fourth-order valence-corrected chi connectivity index (χ4v) is 6.05. The average Bonchev–Trinajstić information content (AvgIpc) is 2.94. The lowest BCUT2D eigenvalue weighted by Crippen LogP contribution is -2.48. The van der Waals surface area contributed by atoms with Crippen LogP contribution in [0.4, 0.5) is 10.1 Å². The highest BCUT2D eigenvalue weighted by Gasteiger charge is 2.43. The molecular weight excluding hydrogens is 515 g/mol. The number of halogens is 2. The summed E-state index contributed by atoms with van der Waals surface area (Å²) in [5.74, 6) is -1.27. The molecule has 6 nitrogen and oxygen atoms in total. The van der Waals surface area contributed by atoms with E-state index in [2.05, 4.69) is 20.9 Å². The predicted molar refractivity (Wildman–Crippen MR) is 157 cm³/mol. The lowest BCUT2D eigenvalue weighted by Gasteiger charge is -2.45. The van der Waals surface area contributed by atoms with Crippen LogP contribution in [0, 0.1) is 18.7 Å². The minimum absolute atomic E-state index is 0.0436. The normalized spacial score (nSPS) is 19.7. The zero-order chi connectivity index (χ0) is 27.9. The van der Waals surface area contributed by atoms with Crippen molar-refractivity contribution >= 4 is 23.1 Å². The largest absolute Gasteiger partial charge is 0.508 e. The molecule has 0 saturated carbocycles. The van der Waals surface area contributed by atoms with Gasteiger partial charge in [-0.25, -0.2) is 4.39 Å². The summed E-state index contributed by atoms with van der Waals surface area (Å²) in [6.07, 6.45) is 0. The molecule has 4 rings (SSSR count). The Morgan fingerprint density at radius 3 is 2.46 bits per heavy atom. The molecule has 1 aliphatic heterocycles.